The Balaban J connectivity index is 1.85. The Kier molecular flexibility index (Phi) is 3.75. The highest BCUT2D eigenvalue weighted by atomic mass is 79.9. The van der Waals surface area contributed by atoms with Crippen molar-refractivity contribution in [2.45, 2.75) is 0 Å². The third-order valence-electron chi connectivity index (χ3n) is 3.39. The van der Waals surface area contributed by atoms with Crippen molar-refractivity contribution in [3.8, 4) is 0 Å². The van der Waals surface area contributed by atoms with E-state index in [0.29, 0.717) is 5.56 Å². The normalized spacial score (nSPS) is 13.6. The molecule has 1 amide bonds. The summed E-state index contributed by atoms with van der Waals surface area (Å²) < 4.78 is 0.919. The smallest absolute Gasteiger partial charge is 0.246 e. The summed E-state index contributed by atoms with van der Waals surface area (Å²) in [5.74, 6) is -0.174. The molecule has 1 aliphatic heterocycles. The Labute approximate surface area is 130 Å². The number of amides is 1. The first kappa shape index (κ1) is 13.8. The van der Waals surface area contributed by atoms with Gasteiger partial charge in [-0.3, -0.25) is 9.59 Å². The number of halogens is 1. The lowest BCUT2D eigenvalue weighted by Gasteiger charge is -2.29. The predicted molar refractivity (Wildman–Crippen MR) is 85.8 cm³/mol. The number of carbonyl (C=O) groups is 2. The van der Waals surface area contributed by atoms with Gasteiger partial charge in [-0.2, -0.15) is 0 Å². The van der Waals surface area contributed by atoms with Gasteiger partial charge in [-0.1, -0.05) is 40.2 Å². The standard InChI is InChI=1S/C16H13BrN2O2/c17-12-7-5-11(6-8-12)15(20)10-19-14-4-2-1-3-13(14)18-9-16(19)21/h1-8,18H,9-10H2. The number of nitrogens with one attached hydrogen (secondary N) is 1. The minimum Gasteiger partial charge on any atom is -0.374 e. The van der Waals surface area contributed by atoms with E-state index in [9.17, 15) is 9.59 Å². The van der Waals surface area contributed by atoms with E-state index < -0.39 is 0 Å². The molecule has 0 radical (unpaired) electrons. The van der Waals surface area contributed by atoms with E-state index in [1.807, 2.05) is 36.4 Å². The van der Waals surface area contributed by atoms with Crippen LogP contribution in [-0.2, 0) is 4.79 Å². The van der Waals surface area contributed by atoms with Crippen molar-refractivity contribution in [3.05, 3.63) is 58.6 Å². The molecule has 0 saturated carbocycles. The van der Waals surface area contributed by atoms with Crippen LogP contribution in [0.5, 0.6) is 0 Å². The molecule has 0 aromatic heterocycles. The van der Waals surface area contributed by atoms with Crippen LogP contribution < -0.4 is 10.2 Å². The van der Waals surface area contributed by atoms with E-state index in [2.05, 4.69) is 21.2 Å². The highest BCUT2D eigenvalue weighted by Crippen LogP contribution is 2.29. The molecule has 4 nitrogen and oxygen atoms in total. The minimum atomic E-state index is -0.0980. The summed E-state index contributed by atoms with van der Waals surface area (Å²) in [6.45, 7) is 0.268. The summed E-state index contributed by atoms with van der Waals surface area (Å²) in [6, 6.07) is 14.7. The summed E-state index contributed by atoms with van der Waals surface area (Å²) in [5, 5.41) is 3.05. The topological polar surface area (TPSA) is 49.4 Å². The Morgan fingerprint density at radius 3 is 2.62 bits per heavy atom. The van der Waals surface area contributed by atoms with Gasteiger partial charge in [-0.25, -0.2) is 0 Å². The maximum absolute atomic E-state index is 12.3. The lowest BCUT2D eigenvalue weighted by Crippen LogP contribution is -2.42. The molecule has 0 saturated heterocycles. The molecule has 1 heterocycles. The lowest BCUT2D eigenvalue weighted by atomic mass is 10.1. The van der Waals surface area contributed by atoms with Crippen molar-refractivity contribution in [3.63, 3.8) is 0 Å². The van der Waals surface area contributed by atoms with Crippen molar-refractivity contribution < 1.29 is 9.59 Å². The van der Waals surface area contributed by atoms with Gasteiger partial charge >= 0.3 is 0 Å². The maximum Gasteiger partial charge on any atom is 0.246 e. The SMILES string of the molecule is O=C(CN1C(=O)CNc2ccccc21)c1ccc(Br)cc1. The molecule has 0 bridgehead atoms. The fourth-order valence-corrected chi connectivity index (χ4v) is 2.57. The number of fused-ring (bicyclic) bond motifs is 1. The molecule has 106 valence electrons. The molecule has 21 heavy (non-hydrogen) atoms. The van der Waals surface area contributed by atoms with Crippen molar-refractivity contribution in [1.82, 2.24) is 0 Å². The number of hydrogen-bond acceptors (Lipinski definition) is 3. The molecule has 2 aromatic carbocycles. The van der Waals surface area contributed by atoms with Gasteiger partial charge in [-0.15, -0.1) is 0 Å². The second-order valence-corrected chi connectivity index (χ2v) is 5.70. The molecule has 0 aliphatic carbocycles. The summed E-state index contributed by atoms with van der Waals surface area (Å²) in [5.41, 5.74) is 2.22. The monoisotopic (exact) mass is 344 g/mol. The average molecular weight is 345 g/mol. The molecular weight excluding hydrogens is 332 g/mol. The van der Waals surface area contributed by atoms with Gasteiger partial charge in [0.1, 0.15) is 0 Å². The van der Waals surface area contributed by atoms with Gasteiger partial charge in [-0.05, 0) is 24.3 Å². The minimum absolute atomic E-state index is 0.0547. The van der Waals surface area contributed by atoms with Gasteiger partial charge in [0.05, 0.1) is 24.5 Å². The van der Waals surface area contributed by atoms with Gasteiger partial charge in [0.15, 0.2) is 5.78 Å². The first-order valence-corrected chi connectivity index (χ1v) is 7.36. The second kappa shape index (κ2) is 5.69. The number of anilines is 2. The summed E-state index contributed by atoms with van der Waals surface area (Å²) in [7, 11) is 0. The Hall–Kier alpha value is -2.14. The fourth-order valence-electron chi connectivity index (χ4n) is 2.30. The number of hydrogen-bond donors (Lipinski definition) is 1. The maximum atomic E-state index is 12.3. The number of nitrogens with zero attached hydrogens (tertiary/aromatic N) is 1. The Morgan fingerprint density at radius 1 is 1.14 bits per heavy atom. The second-order valence-electron chi connectivity index (χ2n) is 4.78. The van der Waals surface area contributed by atoms with E-state index in [4.69, 9.17) is 0 Å². The van der Waals surface area contributed by atoms with E-state index in [1.165, 1.54) is 4.90 Å². The predicted octanol–water partition coefficient (Wildman–Crippen LogP) is 3.09. The van der Waals surface area contributed by atoms with Crippen LogP contribution in [0.4, 0.5) is 11.4 Å². The van der Waals surface area contributed by atoms with Crippen molar-refractivity contribution in [2.75, 3.05) is 23.3 Å². The highest BCUT2D eigenvalue weighted by molar-refractivity contribution is 9.10. The van der Waals surface area contributed by atoms with Crippen LogP contribution in [0.25, 0.3) is 0 Å². The summed E-state index contributed by atoms with van der Waals surface area (Å²) in [4.78, 5) is 26.0. The van der Waals surface area contributed by atoms with Crippen molar-refractivity contribution >= 4 is 39.0 Å². The van der Waals surface area contributed by atoms with E-state index >= 15 is 0 Å². The third kappa shape index (κ3) is 2.83. The van der Waals surface area contributed by atoms with Gasteiger partial charge in [0.2, 0.25) is 5.91 Å². The molecule has 5 heteroatoms. The Bertz CT molecular complexity index is 698. The molecule has 0 atom stereocenters. The Morgan fingerprint density at radius 2 is 1.86 bits per heavy atom. The highest BCUT2D eigenvalue weighted by Gasteiger charge is 2.25. The number of rotatable bonds is 3. The first-order chi connectivity index (χ1) is 10.1. The van der Waals surface area contributed by atoms with Crippen LogP contribution in [0.3, 0.4) is 0 Å². The zero-order valence-electron chi connectivity index (χ0n) is 11.2. The summed E-state index contributed by atoms with van der Waals surface area (Å²) >= 11 is 3.34. The third-order valence-corrected chi connectivity index (χ3v) is 3.92. The van der Waals surface area contributed by atoms with Gasteiger partial charge in [0.25, 0.3) is 0 Å². The fraction of sp³-hybridized carbons (Fsp3) is 0.125. The number of Topliss-reactive ketones (excluding diaryl/α,β-unsaturated/α-hetero) is 1. The molecule has 2 aromatic rings. The molecular formula is C16H13BrN2O2. The van der Waals surface area contributed by atoms with Crippen LogP contribution in [0, 0.1) is 0 Å². The lowest BCUT2D eigenvalue weighted by molar-refractivity contribution is -0.117. The van der Waals surface area contributed by atoms with E-state index in [0.717, 1.165) is 15.8 Å². The van der Waals surface area contributed by atoms with Crippen LogP contribution in [0.2, 0.25) is 0 Å². The molecule has 0 fully saturated rings. The van der Waals surface area contributed by atoms with E-state index in [1.54, 1.807) is 12.1 Å². The zero-order chi connectivity index (χ0) is 14.8. The molecule has 0 spiro atoms. The van der Waals surface area contributed by atoms with Crippen LogP contribution in [0.1, 0.15) is 10.4 Å². The van der Waals surface area contributed by atoms with Gasteiger partial charge in [0, 0.05) is 10.0 Å². The first-order valence-electron chi connectivity index (χ1n) is 6.57. The van der Waals surface area contributed by atoms with Crippen molar-refractivity contribution in [2.24, 2.45) is 0 Å². The van der Waals surface area contributed by atoms with Crippen molar-refractivity contribution in [1.29, 1.82) is 0 Å². The molecule has 1 aliphatic rings. The van der Waals surface area contributed by atoms with Crippen LogP contribution in [-0.4, -0.2) is 24.8 Å². The largest absolute Gasteiger partial charge is 0.374 e. The average Bonchev–Trinajstić information content (AvgIpc) is 2.51. The van der Waals surface area contributed by atoms with Crippen LogP contribution in [0.15, 0.2) is 53.0 Å². The number of para-hydroxylation sites is 2. The quantitative estimate of drug-likeness (QED) is 0.870. The number of ketones is 1. The van der Waals surface area contributed by atoms with Crippen LogP contribution >= 0.6 is 15.9 Å². The molecule has 0 unspecified atom stereocenters. The molecule has 1 N–H and O–H groups in total. The zero-order valence-corrected chi connectivity index (χ0v) is 12.8. The van der Waals surface area contributed by atoms with E-state index in [-0.39, 0.29) is 24.8 Å². The van der Waals surface area contributed by atoms with Gasteiger partial charge < -0.3 is 10.2 Å². The molecule has 3 rings (SSSR count). The summed E-state index contributed by atoms with van der Waals surface area (Å²) in [6.07, 6.45) is 0. The number of benzene rings is 2. The number of carbonyl (C=O) groups excluding carboxylic acids is 2.